The zero-order chi connectivity index (χ0) is 17.4. The molecule has 0 aliphatic rings. The van der Waals surface area contributed by atoms with Crippen LogP contribution in [0.25, 0.3) is 0 Å². The average Bonchev–Trinajstić information content (AvgIpc) is 2.57. The van der Waals surface area contributed by atoms with E-state index >= 15 is 0 Å². The van der Waals surface area contributed by atoms with Gasteiger partial charge in [-0.1, -0.05) is 12.1 Å². The molecule has 4 heteroatoms. The molecule has 0 radical (unpaired) electrons. The van der Waals surface area contributed by atoms with Gasteiger partial charge >= 0.3 is 0 Å². The molecule has 0 unspecified atom stereocenters. The van der Waals surface area contributed by atoms with Crippen molar-refractivity contribution in [2.45, 2.75) is 39.5 Å². The number of ether oxygens (including phenoxy) is 2. The van der Waals surface area contributed by atoms with Gasteiger partial charge in [0, 0.05) is 0 Å². The van der Waals surface area contributed by atoms with E-state index in [0.717, 1.165) is 36.8 Å². The van der Waals surface area contributed by atoms with Crippen LogP contribution in [0.2, 0.25) is 0 Å². The molecule has 0 atom stereocenters. The molecule has 0 spiro atoms. The lowest BCUT2D eigenvalue weighted by molar-refractivity contribution is 0.317. The fourth-order valence-electron chi connectivity index (χ4n) is 2.63. The summed E-state index contributed by atoms with van der Waals surface area (Å²) in [6.07, 6.45) is 3.97. The minimum atomic E-state index is 0.188. The molecular weight excluding hydrogens is 304 g/mol. The van der Waals surface area contributed by atoms with E-state index in [1.807, 2.05) is 38.1 Å². The van der Waals surface area contributed by atoms with Crippen LogP contribution in [0.1, 0.15) is 37.8 Å². The van der Waals surface area contributed by atoms with Crippen LogP contribution in [0.3, 0.4) is 0 Å². The summed E-state index contributed by atoms with van der Waals surface area (Å²) in [7, 11) is 0. The molecule has 0 aliphatic heterocycles. The van der Waals surface area contributed by atoms with Gasteiger partial charge in [0.1, 0.15) is 0 Å². The molecule has 24 heavy (non-hydrogen) atoms. The van der Waals surface area contributed by atoms with Gasteiger partial charge in [-0.2, -0.15) is 0 Å². The van der Waals surface area contributed by atoms with Crippen molar-refractivity contribution >= 4 is 0 Å². The van der Waals surface area contributed by atoms with Crippen molar-refractivity contribution in [1.82, 2.24) is 0 Å². The lowest BCUT2D eigenvalue weighted by Gasteiger charge is -2.09. The second kappa shape index (κ2) is 9.06. The Kier molecular flexibility index (Phi) is 6.79. The minimum absolute atomic E-state index is 0.188. The van der Waals surface area contributed by atoms with E-state index in [4.69, 9.17) is 9.47 Å². The number of aromatic hydroxyl groups is 2. The van der Waals surface area contributed by atoms with E-state index in [9.17, 15) is 10.2 Å². The zero-order valence-electron chi connectivity index (χ0n) is 14.4. The van der Waals surface area contributed by atoms with Crippen LogP contribution in [0.5, 0.6) is 23.0 Å². The lowest BCUT2D eigenvalue weighted by Crippen LogP contribution is -1.95. The quantitative estimate of drug-likeness (QED) is 0.666. The van der Waals surface area contributed by atoms with Crippen molar-refractivity contribution in [3.8, 4) is 23.0 Å². The van der Waals surface area contributed by atoms with Crippen LogP contribution >= 0.6 is 0 Å². The van der Waals surface area contributed by atoms with Gasteiger partial charge in [0.05, 0.1) is 13.2 Å². The van der Waals surface area contributed by atoms with Crippen molar-refractivity contribution in [2.24, 2.45) is 0 Å². The number of phenols is 2. The third-order valence-electron chi connectivity index (χ3n) is 3.83. The van der Waals surface area contributed by atoms with Crippen molar-refractivity contribution in [3.05, 3.63) is 47.5 Å². The molecule has 4 nitrogen and oxygen atoms in total. The van der Waals surface area contributed by atoms with Gasteiger partial charge in [0.25, 0.3) is 0 Å². The molecule has 0 aliphatic carbocycles. The first-order chi connectivity index (χ1) is 11.6. The number of phenolic OH excluding ortho intramolecular Hbond substituents is 2. The lowest BCUT2D eigenvalue weighted by atomic mass is 10.0. The summed E-state index contributed by atoms with van der Waals surface area (Å²) >= 11 is 0. The van der Waals surface area contributed by atoms with Crippen LogP contribution in [0.4, 0.5) is 0 Å². The van der Waals surface area contributed by atoms with Crippen LogP contribution in [0.15, 0.2) is 36.4 Å². The Bertz CT molecular complexity index is 595. The summed E-state index contributed by atoms with van der Waals surface area (Å²) in [5, 5.41) is 19.4. The van der Waals surface area contributed by atoms with Gasteiger partial charge in [-0.05, 0) is 74.9 Å². The van der Waals surface area contributed by atoms with Gasteiger partial charge < -0.3 is 19.7 Å². The maximum atomic E-state index is 9.72. The fourth-order valence-corrected chi connectivity index (χ4v) is 2.63. The first-order valence-corrected chi connectivity index (χ1v) is 8.53. The molecule has 2 aromatic carbocycles. The fraction of sp³-hybridized carbons (Fsp3) is 0.400. The van der Waals surface area contributed by atoms with E-state index in [2.05, 4.69) is 0 Å². The van der Waals surface area contributed by atoms with Gasteiger partial charge in [-0.3, -0.25) is 0 Å². The van der Waals surface area contributed by atoms with E-state index in [1.54, 1.807) is 12.1 Å². The number of hydrogen-bond acceptors (Lipinski definition) is 4. The second-order valence-electron chi connectivity index (χ2n) is 5.68. The summed E-state index contributed by atoms with van der Waals surface area (Å²) in [6, 6.07) is 11.1. The molecule has 130 valence electrons. The second-order valence-corrected chi connectivity index (χ2v) is 5.68. The molecule has 0 aromatic heterocycles. The minimum Gasteiger partial charge on any atom is -0.504 e. The first kappa shape index (κ1) is 18.0. The maximum absolute atomic E-state index is 9.72. The third kappa shape index (κ3) is 5.08. The largest absolute Gasteiger partial charge is 0.504 e. The average molecular weight is 330 g/mol. The molecular formula is C20H26O4. The summed E-state index contributed by atoms with van der Waals surface area (Å²) in [6.45, 7) is 4.89. The van der Waals surface area contributed by atoms with Crippen LogP contribution < -0.4 is 9.47 Å². The van der Waals surface area contributed by atoms with Crippen LogP contribution in [0, 0.1) is 0 Å². The van der Waals surface area contributed by atoms with Gasteiger partial charge in [-0.15, -0.1) is 0 Å². The third-order valence-corrected chi connectivity index (χ3v) is 3.83. The predicted octanol–water partition coefficient (Wildman–Crippen LogP) is 4.46. The highest BCUT2D eigenvalue weighted by molar-refractivity contribution is 5.42. The van der Waals surface area contributed by atoms with Crippen LogP contribution in [-0.4, -0.2) is 23.4 Å². The van der Waals surface area contributed by atoms with Gasteiger partial charge in [0.2, 0.25) is 0 Å². The Balaban J connectivity index is 1.85. The molecule has 0 saturated carbocycles. The standard InChI is InChI=1S/C20H26O4/c1-3-23-19-13-15(9-11-17(19)21)7-5-6-8-16-10-12-18(22)20(14-16)24-4-2/h9-14,21-22H,3-8H2,1-2H3. The molecule has 2 aromatic rings. The summed E-state index contributed by atoms with van der Waals surface area (Å²) in [5.41, 5.74) is 2.33. The molecule has 0 heterocycles. The number of rotatable bonds is 9. The molecule has 0 fully saturated rings. The maximum Gasteiger partial charge on any atom is 0.161 e. The van der Waals surface area contributed by atoms with E-state index in [0.29, 0.717) is 24.7 Å². The highest BCUT2D eigenvalue weighted by Crippen LogP contribution is 2.29. The van der Waals surface area contributed by atoms with E-state index in [-0.39, 0.29) is 11.5 Å². The Hall–Kier alpha value is -2.36. The summed E-state index contributed by atoms with van der Waals surface area (Å²) < 4.78 is 10.8. The number of benzene rings is 2. The first-order valence-electron chi connectivity index (χ1n) is 8.53. The highest BCUT2D eigenvalue weighted by Gasteiger charge is 2.05. The van der Waals surface area contributed by atoms with Crippen molar-refractivity contribution in [1.29, 1.82) is 0 Å². The van der Waals surface area contributed by atoms with Crippen molar-refractivity contribution < 1.29 is 19.7 Å². The topological polar surface area (TPSA) is 58.9 Å². The monoisotopic (exact) mass is 330 g/mol. The smallest absolute Gasteiger partial charge is 0.161 e. The van der Waals surface area contributed by atoms with Crippen molar-refractivity contribution in [3.63, 3.8) is 0 Å². The molecule has 0 bridgehead atoms. The van der Waals surface area contributed by atoms with Gasteiger partial charge in [-0.25, -0.2) is 0 Å². The Morgan fingerprint density at radius 2 is 1.12 bits per heavy atom. The van der Waals surface area contributed by atoms with E-state index in [1.165, 1.54) is 0 Å². The number of hydrogen-bond donors (Lipinski definition) is 2. The van der Waals surface area contributed by atoms with E-state index < -0.39 is 0 Å². The highest BCUT2D eigenvalue weighted by atomic mass is 16.5. The normalized spacial score (nSPS) is 10.6. The van der Waals surface area contributed by atoms with Gasteiger partial charge in [0.15, 0.2) is 23.0 Å². The SMILES string of the molecule is CCOc1cc(CCCCc2ccc(O)c(OCC)c2)ccc1O. The molecule has 0 saturated heterocycles. The summed E-state index contributed by atoms with van der Waals surface area (Å²) in [5.74, 6) is 1.48. The summed E-state index contributed by atoms with van der Waals surface area (Å²) in [4.78, 5) is 0. The van der Waals surface area contributed by atoms with Crippen LogP contribution in [-0.2, 0) is 12.8 Å². The zero-order valence-corrected chi connectivity index (χ0v) is 14.4. The molecule has 0 amide bonds. The molecule has 2 rings (SSSR count). The number of unbranched alkanes of at least 4 members (excludes halogenated alkanes) is 1. The van der Waals surface area contributed by atoms with Crippen molar-refractivity contribution in [2.75, 3.05) is 13.2 Å². The Morgan fingerprint density at radius 1 is 0.708 bits per heavy atom. The predicted molar refractivity (Wildman–Crippen MR) is 95.2 cm³/mol. The number of aryl methyl sites for hydroxylation is 2. The Labute approximate surface area is 143 Å². The Morgan fingerprint density at radius 3 is 1.50 bits per heavy atom. The molecule has 2 N–H and O–H groups in total.